The summed E-state index contributed by atoms with van der Waals surface area (Å²) in [5.41, 5.74) is 6.95. The SMILES string of the molecule is CCCCCNc1ccc(O)c(N)c1. The van der Waals surface area contributed by atoms with Gasteiger partial charge in [0.2, 0.25) is 0 Å². The lowest BCUT2D eigenvalue weighted by atomic mass is 10.2. The molecule has 0 unspecified atom stereocenters. The van der Waals surface area contributed by atoms with Crippen LogP contribution in [0.4, 0.5) is 11.4 Å². The van der Waals surface area contributed by atoms with Gasteiger partial charge in [-0.05, 0) is 24.6 Å². The van der Waals surface area contributed by atoms with Gasteiger partial charge in [0.05, 0.1) is 5.69 Å². The number of rotatable bonds is 5. The van der Waals surface area contributed by atoms with E-state index in [0.29, 0.717) is 5.69 Å². The van der Waals surface area contributed by atoms with Crippen LogP contribution in [-0.4, -0.2) is 11.7 Å². The van der Waals surface area contributed by atoms with Crippen molar-refractivity contribution in [2.45, 2.75) is 26.2 Å². The number of anilines is 2. The minimum absolute atomic E-state index is 0.143. The molecule has 0 bridgehead atoms. The Hall–Kier alpha value is -1.38. The van der Waals surface area contributed by atoms with E-state index in [1.807, 2.05) is 6.07 Å². The van der Waals surface area contributed by atoms with E-state index in [2.05, 4.69) is 12.2 Å². The fourth-order valence-corrected chi connectivity index (χ4v) is 1.27. The second kappa shape index (κ2) is 5.37. The Bertz CT molecular complexity index is 287. The number of phenols is 1. The molecular formula is C11H18N2O. The third-order valence-electron chi connectivity index (χ3n) is 2.14. The average Bonchev–Trinajstić information content (AvgIpc) is 2.18. The first kappa shape index (κ1) is 10.7. The molecule has 0 heterocycles. The Morgan fingerprint density at radius 3 is 2.79 bits per heavy atom. The second-order valence-electron chi connectivity index (χ2n) is 3.41. The molecule has 3 heteroatoms. The third kappa shape index (κ3) is 3.17. The predicted molar refractivity (Wildman–Crippen MR) is 60.5 cm³/mol. The second-order valence-corrected chi connectivity index (χ2v) is 3.41. The zero-order chi connectivity index (χ0) is 10.4. The molecule has 0 radical (unpaired) electrons. The normalized spacial score (nSPS) is 10.1. The van der Waals surface area contributed by atoms with Gasteiger partial charge in [0.25, 0.3) is 0 Å². The van der Waals surface area contributed by atoms with E-state index in [-0.39, 0.29) is 5.75 Å². The molecule has 0 amide bonds. The van der Waals surface area contributed by atoms with Gasteiger partial charge in [-0.3, -0.25) is 0 Å². The Morgan fingerprint density at radius 2 is 2.14 bits per heavy atom. The fourth-order valence-electron chi connectivity index (χ4n) is 1.27. The van der Waals surface area contributed by atoms with Crippen molar-refractivity contribution in [3.05, 3.63) is 18.2 Å². The summed E-state index contributed by atoms with van der Waals surface area (Å²) in [7, 11) is 0. The molecule has 0 aliphatic carbocycles. The van der Waals surface area contributed by atoms with Gasteiger partial charge in [0.1, 0.15) is 5.75 Å². The molecule has 78 valence electrons. The molecule has 0 aromatic heterocycles. The van der Waals surface area contributed by atoms with Gasteiger partial charge in [-0.25, -0.2) is 0 Å². The summed E-state index contributed by atoms with van der Waals surface area (Å²) < 4.78 is 0. The number of aromatic hydroxyl groups is 1. The first-order valence-corrected chi connectivity index (χ1v) is 5.06. The maximum absolute atomic E-state index is 9.20. The van der Waals surface area contributed by atoms with Gasteiger partial charge < -0.3 is 16.2 Å². The van der Waals surface area contributed by atoms with E-state index in [4.69, 9.17) is 5.73 Å². The minimum Gasteiger partial charge on any atom is -0.506 e. The summed E-state index contributed by atoms with van der Waals surface area (Å²) in [6, 6.07) is 5.19. The minimum atomic E-state index is 0.143. The van der Waals surface area contributed by atoms with E-state index in [0.717, 1.165) is 18.7 Å². The Kier molecular flexibility index (Phi) is 4.11. The van der Waals surface area contributed by atoms with Gasteiger partial charge in [0, 0.05) is 12.2 Å². The summed E-state index contributed by atoms with van der Waals surface area (Å²) in [6.45, 7) is 3.14. The number of nitrogen functional groups attached to an aromatic ring is 1. The molecule has 0 aliphatic rings. The van der Waals surface area contributed by atoms with Crippen LogP contribution in [0.15, 0.2) is 18.2 Å². The number of benzene rings is 1. The number of hydrogen-bond donors (Lipinski definition) is 3. The maximum Gasteiger partial charge on any atom is 0.138 e. The number of phenolic OH excluding ortho intramolecular Hbond substituents is 1. The summed E-state index contributed by atoms with van der Waals surface area (Å²) in [4.78, 5) is 0. The molecule has 3 nitrogen and oxygen atoms in total. The van der Waals surface area contributed by atoms with E-state index in [1.165, 1.54) is 12.8 Å². The van der Waals surface area contributed by atoms with Crippen molar-refractivity contribution >= 4 is 11.4 Å². The summed E-state index contributed by atoms with van der Waals surface area (Å²) in [5, 5.41) is 12.5. The quantitative estimate of drug-likeness (QED) is 0.292. The molecular weight excluding hydrogens is 176 g/mol. The van der Waals surface area contributed by atoms with Crippen molar-refractivity contribution in [2.24, 2.45) is 0 Å². The van der Waals surface area contributed by atoms with Gasteiger partial charge in [-0.2, -0.15) is 0 Å². The van der Waals surface area contributed by atoms with Crippen LogP contribution in [0.3, 0.4) is 0 Å². The van der Waals surface area contributed by atoms with Crippen LogP contribution < -0.4 is 11.1 Å². The lowest BCUT2D eigenvalue weighted by molar-refractivity contribution is 0.478. The van der Waals surface area contributed by atoms with Crippen molar-refractivity contribution in [3.63, 3.8) is 0 Å². The van der Waals surface area contributed by atoms with Crippen molar-refractivity contribution in [3.8, 4) is 5.75 Å². The molecule has 0 saturated heterocycles. The van der Waals surface area contributed by atoms with Crippen LogP contribution in [0.5, 0.6) is 5.75 Å². The van der Waals surface area contributed by atoms with E-state index >= 15 is 0 Å². The number of nitrogens with one attached hydrogen (secondary N) is 1. The monoisotopic (exact) mass is 194 g/mol. The lowest BCUT2D eigenvalue weighted by Crippen LogP contribution is -2.01. The van der Waals surface area contributed by atoms with E-state index in [9.17, 15) is 5.11 Å². The molecule has 0 spiro atoms. The summed E-state index contributed by atoms with van der Waals surface area (Å²) in [6.07, 6.45) is 3.62. The molecule has 1 aromatic rings. The molecule has 0 saturated carbocycles. The first-order chi connectivity index (χ1) is 6.74. The number of unbranched alkanes of at least 4 members (excludes halogenated alkanes) is 2. The average molecular weight is 194 g/mol. The maximum atomic E-state index is 9.20. The van der Waals surface area contributed by atoms with Crippen molar-refractivity contribution < 1.29 is 5.11 Å². The van der Waals surface area contributed by atoms with Gasteiger partial charge >= 0.3 is 0 Å². The topological polar surface area (TPSA) is 58.3 Å². The van der Waals surface area contributed by atoms with Crippen LogP contribution in [0.25, 0.3) is 0 Å². The Balaban J connectivity index is 2.39. The summed E-state index contributed by atoms with van der Waals surface area (Å²) in [5.74, 6) is 0.143. The third-order valence-corrected chi connectivity index (χ3v) is 2.14. The highest BCUT2D eigenvalue weighted by molar-refractivity contribution is 5.61. The van der Waals surface area contributed by atoms with Crippen LogP contribution in [0.2, 0.25) is 0 Å². The molecule has 0 aliphatic heterocycles. The Morgan fingerprint density at radius 1 is 1.36 bits per heavy atom. The van der Waals surface area contributed by atoms with Crippen LogP contribution >= 0.6 is 0 Å². The van der Waals surface area contributed by atoms with E-state index in [1.54, 1.807) is 12.1 Å². The Labute approximate surface area is 84.9 Å². The number of hydrogen-bond acceptors (Lipinski definition) is 3. The van der Waals surface area contributed by atoms with Crippen molar-refractivity contribution in [1.82, 2.24) is 0 Å². The molecule has 1 aromatic carbocycles. The van der Waals surface area contributed by atoms with Gasteiger partial charge in [0.15, 0.2) is 0 Å². The standard InChI is InChI=1S/C11H18N2O/c1-2-3-4-7-13-9-5-6-11(14)10(12)8-9/h5-6,8,13-14H,2-4,7,12H2,1H3. The first-order valence-electron chi connectivity index (χ1n) is 5.06. The van der Waals surface area contributed by atoms with E-state index < -0.39 is 0 Å². The van der Waals surface area contributed by atoms with Crippen LogP contribution in [0.1, 0.15) is 26.2 Å². The smallest absolute Gasteiger partial charge is 0.138 e. The summed E-state index contributed by atoms with van der Waals surface area (Å²) >= 11 is 0. The van der Waals surface area contributed by atoms with Gasteiger partial charge in [-0.1, -0.05) is 19.8 Å². The van der Waals surface area contributed by atoms with Crippen LogP contribution in [-0.2, 0) is 0 Å². The van der Waals surface area contributed by atoms with Crippen molar-refractivity contribution in [2.75, 3.05) is 17.6 Å². The molecule has 4 N–H and O–H groups in total. The molecule has 14 heavy (non-hydrogen) atoms. The highest BCUT2D eigenvalue weighted by atomic mass is 16.3. The van der Waals surface area contributed by atoms with Crippen molar-refractivity contribution in [1.29, 1.82) is 0 Å². The zero-order valence-corrected chi connectivity index (χ0v) is 8.59. The number of nitrogens with two attached hydrogens (primary N) is 1. The largest absolute Gasteiger partial charge is 0.506 e. The molecule has 0 atom stereocenters. The fraction of sp³-hybridized carbons (Fsp3) is 0.455. The zero-order valence-electron chi connectivity index (χ0n) is 8.59. The lowest BCUT2D eigenvalue weighted by Gasteiger charge is -2.07. The van der Waals surface area contributed by atoms with Crippen LogP contribution in [0, 0.1) is 0 Å². The highest BCUT2D eigenvalue weighted by Crippen LogP contribution is 2.23. The molecule has 0 fully saturated rings. The van der Waals surface area contributed by atoms with Gasteiger partial charge in [-0.15, -0.1) is 0 Å². The molecule has 1 rings (SSSR count). The predicted octanol–water partition coefficient (Wildman–Crippen LogP) is 2.58. The highest BCUT2D eigenvalue weighted by Gasteiger charge is 1.97.